The lowest BCUT2D eigenvalue weighted by Crippen LogP contribution is -2.14. The van der Waals surface area contributed by atoms with E-state index in [1.54, 1.807) is 24.3 Å². The predicted octanol–water partition coefficient (Wildman–Crippen LogP) is 1.63. The molecular weight excluding hydrogens is 204 g/mol. The van der Waals surface area contributed by atoms with Crippen LogP contribution in [0.3, 0.4) is 0 Å². The van der Waals surface area contributed by atoms with Crippen LogP contribution in [0.5, 0.6) is 0 Å². The van der Waals surface area contributed by atoms with Crippen molar-refractivity contribution in [3.8, 4) is 0 Å². The van der Waals surface area contributed by atoms with Gasteiger partial charge < -0.3 is 10.3 Å². The standard InChI is InChI=1S/C12H10N2O2/c15-10-6-7-13-11(8-10)14-12(16)9-4-2-1-3-5-9/h1-8H,(H2,13,14,15,16). The van der Waals surface area contributed by atoms with Crippen LogP contribution in [-0.2, 0) is 0 Å². The number of carbonyl (C=O) groups is 1. The van der Waals surface area contributed by atoms with Gasteiger partial charge in [-0.05, 0) is 12.1 Å². The van der Waals surface area contributed by atoms with Crippen LogP contribution in [0, 0.1) is 0 Å². The maximum atomic E-state index is 11.7. The third-order valence-electron chi connectivity index (χ3n) is 2.06. The number of nitrogens with one attached hydrogen (secondary N) is 2. The van der Waals surface area contributed by atoms with Crippen molar-refractivity contribution in [2.24, 2.45) is 0 Å². The number of rotatable bonds is 2. The fraction of sp³-hybridized carbons (Fsp3) is 0. The second-order valence-electron chi connectivity index (χ2n) is 3.26. The van der Waals surface area contributed by atoms with E-state index in [2.05, 4.69) is 10.3 Å². The normalized spacial score (nSPS) is 9.75. The minimum Gasteiger partial charge on any atom is -0.348 e. The summed E-state index contributed by atoms with van der Waals surface area (Å²) in [5.74, 6) is 0.142. The first kappa shape index (κ1) is 10.2. The Bertz CT molecular complexity index is 546. The van der Waals surface area contributed by atoms with E-state index in [0.29, 0.717) is 11.4 Å². The second kappa shape index (κ2) is 4.44. The van der Waals surface area contributed by atoms with Gasteiger partial charge in [-0.15, -0.1) is 0 Å². The number of carbonyl (C=O) groups excluding carboxylic acids is 1. The number of H-pyrrole nitrogens is 1. The number of hydrogen-bond acceptors (Lipinski definition) is 2. The van der Waals surface area contributed by atoms with Gasteiger partial charge in [0.15, 0.2) is 5.43 Å². The van der Waals surface area contributed by atoms with Crippen LogP contribution in [0.4, 0.5) is 5.82 Å². The molecule has 2 rings (SSSR count). The minimum atomic E-state index is -0.248. The molecule has 1 amide bonds. The number of benzene rings is 1. The molecule has 0 aliphatic carbocycles. The molecule has 1 aromatic heterocycles. The zero-order valence-corrected chi connectivity index (χ0v) is 8.44. The maximum absolute atomic E-state index is 11.7. The Morgan fingerprint density at radius 3 is 2.56 bits per heavy atom. The van der Waals surface area contributed by atoms with Gasteiger partial charge >= 0.3 is 0 Å². The largest absolute Gasteiger partial charge is 0.348 e. The lowest BCUT2D eigenvalue weighted by molar-refractivity contribution is 0.102. The molecule has 16 heavy (non-hydrogen) atoms. The highest BCUT2D eigenvalue weighted by Crippen LogP contribution is 2.03. The highest BCUT2D eigenvalue weighted by Gasteiger charge is 2.04. The van der Waals surface area contributed by atoms with Gasteiger partial charge in [-0.25, -0.2) is 0 Å². The third-order valence-corrected chi connectivity index (χ3v) is 2.06. The van der Waals surface area contributed by atoms with Crippen molar-refractivity contribution >= 4 is 11.7 Å². The van der Waals surface area contributed by atoms with E-state index in [0.717, 1.165) is 0 Å². The fourth-order valence-electron chi connectivity index (χ4n) is 1.30. The van der Waals surface area contributed by atoms with Gasteiger partial charge in [0.1, 0.15) is 5.82 Å². The van der Waals surface area contributed by atoms with Crippen molar-refractivity contribution in [1.29, 1.82) is 0 Å². The topological polar surface area (TPSA) is 62.0 Å². The summed E-state index contributed by atoms with van der Waals surface area (Å²) in [4.78, 5) is 25.5. The first-order chi connectivity index (χ1) is 7.75. The second-order valence-corrected chi connectivity index (χ2v) is 3.26. The number of aromatic nitrogens is 1. The molecule has 0 fully saturated rings. The van der Waals surface area contributed by atoms with Gasteiger partial charge in [-0.3, -0.25) is 9.59 Å². The smallest absolute Gasteiger partial charge is 0.256 e. The molecule has 0 aliphatic rings. The Kier molecular flexibility index (Phi) is 2.82. The summed E-state index contributed by atoms with van der Waals surface area (Å²) in [6.45, 7) is 0. The molecule has 2 N–H and O–H groups in total. The Balaban J connectivity index is 2.17. The average molecular weight is 214 g/mol. The van der Waals surface area contributed by atoms with Gasteiger partial charge in [0.05, 0.1) is 0 Å². The molecule has 4 nitrogen and oxygen atoms in total. The highest BCUT2D eigenvalue weighted by molar-refractivity contribution is 6.03. The van der Waals surface area contributed by atoms with Crippen molar-refractivity contribution in [3.05, 3.63) is 64.4 Å². The number of amides is 1. The van der Waals surface area contributed by atoms with Crippen LogP contribution in [0.15, 0.2) is 53.5 Å². The molecule has 0 saturated heterocycles. The van der Waals surface area contributed by atoms with Gasteiger partial charge in [0.25, 0.3) is 5.91 Å². The fourth-order valence-corrected chi connectivity index (χ4v) is 1.30. The van der Waals surface area contributed by atoms with E-state index >= 15 is 0 Å². The molecule has 0 saturated carbocycles. The summed E-state index contributed by atoms with van der Waals surface area (Å²) < 4.78 is 0. The molecule has 4 heteroatoms. The first-order valence-corrected chi connectivity index (χ1v) is 4.81. The van der Waals surface area contributed by atoms with Gasteiger partial charge in [0.2, 0.25) is 0 Å². The molecule has 1 heterocycles. The van der Waals surface area contributed by atoms with Crippen molar-refractivity contribution in [2.45, 2.75) is 0 Å². The number of aromatic amines is 1. The lowest BCUT2D eigenvalue weighted by atomic mass is 10.2. The van der Waals surface area contributed by atoms with Crippen LogP contribution >= 0.6 is 0 Å². The molecule has 0 bridgehead atoms. The summed E-state index contributed by atoms with van der Waals surface area (Å²) in [6.07, 6.45) is 1.49. The van der Waals surface area contributed by atoms with E-state index in [4.69, 9.17) is 0 Å². The van der Waals surface area contributed by atoms with Crippen molar-refractivity contribution in [2.75, 3.05) is 5.32 Å². The molecule has 0 radical (unpaired) electrons. The van der Waals surface area contributed by atoms with Crippen LogP contribution in [-0.4, -0.2) is 10.9 Å². The molecule has 0 aliphatic heterocycles. The van der Waals surface area contributed by atoms with Crippen molar-refractivity contribution in [3.63, 3.8) is 0 Å². The van der Waals surface area contributed by atoms with E-state index in [1.165, 1.54) is 18.3 Å². The average Bonchev–Trinajstić information content (AvgIpc) is 2.30. The van der Waals surface area contributed by atoms with Crippen LogP contribution < -0.4 is 10.7 Å². The van der Waals surface area contributed by atoms with Gasteiger partial charge in [-0.2, -0.15) is 0 Å². The summed E-state index contributed by atoms with van der Waals surface area (Å²) in [6, 6.07) is 11.5. The molecule has 2 aromatic rings. The zero-order valence-electron chi connectivity index (χ0n) is 8.44. The predicted molar refractivity (Wildman–Crippen MR) is 61.5 cm³/mol. The number of pyridine rings is 1. The van der Waals surface area contributed by atoms with Gasteiger partial charge in [-0.1, -0.05) is 18.2 Å². The Labute approximate surface area is 91.9 Å². The van der Waals surface area contributed by atoms with Crippen LogP contribution in [0.1, 0.15) is 10.4 Å². The summed E-state index contributed by atoms with van der Waals surface area (Å²) in [5, 5.41) is 2.60. The lowest BCUT2D eigenvalue weighted by Gasteiger charge is -2.03. The quantitative estimate of drug-likeness (QED) is 0.798. The molecule has 0 atom stereocenters. The molecule has 80 valence electrons. The van der Waals surface area contributed by atoms with E-state index in [9.17, 15) is 9.59 Å². The van der Waals surface area contributed by atoms with E-state index in [1.807, 2.05) is 6.07 Å². The maximum Gasteiger partial charge on any atom is 0.256 e. The molecule has 1 aromatic carbocycles. The Morgan fingerprint density at radius 1 is 1.12 bits per heavy atom. The SMILES string of the molecule is O=C(Nc1cc(=O)cc[nH]1)c1ccccc1. The van der Waals surface area contributed by atoms with Crippen LogP contribution in [0.25, 0.3) is 0 Å². The molecule has 0 spiro atoms. The summed E-state index contributed by atoms with van der Waals surface area (Å²) in [7, 11) is 0. The monoisotopic (exact) mass is 214 g/mol. The Hall–Kier alpha value is -2.36. The summed E-state index contributed by atoms with van der Waals surface area (Å²) >= 11 is 0. The minimum absolute atomic E-state index is 0.151. The van der Waals surface area contributed by atoms with Crippen LogP contribution in [0.2, 0.25) is 0 Å². The molecular formula is C12H10N2O2. The van der Waals surface area contributed by atoms with E-state index in [-0.39, 0.29) is 11.3 Å². The number of anilines is 1. The van der Waals surface area contributed by atoms with Crippen molar-refractivity contribution in [1.82, 2.24) is 4.98 Å². The molecule has 0 unspecified atom stereocenters. The first-order valence-electron chi connectivity index (χ1n) is 4.81. The third kappa shape index (κ3) is 2.36. The van der Waals surface area contributed by atoms with E-state index < -0.39 is 0 Å². The highest BCUT2D eigenvalue weighted by atomic mass is 16.1. The van der Waals surface area contributed by atoms with Crippen molar-refractivity contribution < 1.29 is 4.79 Å². The summed E-state index contributed by atoms with van der Waals surface area (Å²) in [5.41, 5.74) is 0.398. The number of hydrogen-bond donors (Lipinski definition) is 2. The zero-order chi connectivity index (χ0) is 11.4. The Morgan fingerprint density at radius 2 is 1.88 bits per heavy atom. The van der Waals surface area contributed by atoms with Gasteiger partial charge in [0, 0.05) is 23.9 Å².